The van der Waals surface area contributed by atoms with Crippen molar-refractivity contribution in [2.45, 2.75) is 26.8 Å². The second-order valence-corrected chi connectivity index (χ2v) is 9.85. The van der Waals surface area contributed by atoms with Crippen LogP contribution in [0.3, 0.4) is 0 Å². The molecule has 1 atom stereocenters. The van der Waals surface area contributed by atoms with E-state index in [1.54, 1.807) is 49.4 Å². The quantitative estimate of drug-likeness (QED) is 0.124. The molecule has 0 radical (unpaired) electrons. The fraction of sp³-hybridized carbons (Fsp3) is 0.214. The molecule has 1 N–H and O–H groups in total. The van der Waals surface area contributed by atoms with Gasteiger partial charge < -0.3 is 14.6 Å². The summed E-state index contributed by atoms with van der Waals surface area (Å²) >= 11 is 7.02. The number of Topliss-reactive ketones (excluding diaryl/α,β-unsaturated/α-hetero) is 1. The number of ether oxygens (including phenoxy) is 2. The Kier molecular flexibility index (Phi) is 7.99. The number of rotatable bonds is 8. The molecule has 0 saturated carbocycles. The van der Waals surface area contributed by atoms with Crippen LogP contribution in [-0.2, 0) is 14.3 Å². The first kappa shape index (κ1) is 27.1. The number of benzene rings is 2. The Morgan fingerprint density at radius 3 is 2.55 bits per heavy atom. The van der Waals surface area contributed by atoms with Crippen LogP contribution in [0.2, 0.25) is 5.02 Å². The molecule has 1 aromatic heterocycles. The number of aromatic nitrogens is 1. The van der Waals surface area contributed by atoms with Gasteiger partial charge in [0.2, 0.25) is 0 Å². The number of thiazole rings is 1. The Hall–Kier alpha value is -3.95. The largest absolute Gasteiger partial charge is 0.507 e. The first-order valence-electron chi connectivity index (χ1n) is 11.7. The van der Waals surface area contributed by atoms with Gasteiger partial charge in [-0.25, -0.2) is 9.78 Å². The van der Waals surface area contributed by atoms with Crippen molar-refractivity contribution in [2.24, 2.45) is 0 Å². The van der Waals surface area contributed by atoms with Gasteiger partial charge >= 0.3 is 11.9 Å². The highest BCUT2D eigenvalue weighted by atomic mass is 35.5. The predicted molar refractivity (Wildman–Crippen MR) is 146 cm³/mol. The third kappa shape index (κ3) is 5.07. The number of nitrogens with zero attached hydrogens (tertiary/aromatic N) is 2. The Labute approximate surface area is 228 Å². The first-order valence-corrected chi connectivity index (χ1v) is 12.9. The number of hydrogen-bond donors (Lipinski definition) is 1. The van der Waals surface area contributed by atoms with E-state index < -0.39 is 23.7 Å². The maximum absolute atomic E-state index is 13.4. The lowest BCUT2D eigenvalue weighted by Gasteiger charge is -2.23. The van der Waals surface area contributed by atoms with Crippen molar-refractivity contribution in [3.05, 3.63) is 93.0 Å². The van der Waals surface area contributed by atoms with E-state index in [-0.39, 0.29) is 27.9 Å². The van der Waals surface area contributed by atoms with Crippen molar-refractivity contribution in [3.8, 4) is 5.75 Å². The number of esters is 1. The number of carbonyl (C=O) groups excluding carboxylic acids is 3. The molecule has 1 fully saturated rings. The number of halogens is 1. The minimum Gasteiger partial charge on any atom is -0.507 e. The Balaban J connectivity index is 1.87. The molecule has 10 heteroatoms. The van der Waals surface area contributed by atoms with E-state index in [1.165, 1.54) is 11.0 Å². The molecular weight excluding hydrogens is 528 g/mol. The van der Waals surface area contributed by atoms with Crippen LogP contribution in [0, 0.1) is 13.8 Å². The molecule has 8 nitrogen and oxygen atoms in total. The van der Waals surface area contributed by atoms with Gasteiger partial charge in [-0.15, -0.1) is 0 Å². The number of ketones is 1. The molecule has 2 heterocycles. The van der Waals surface area contributed by atoms with Crippen LogP contribution in [0.25, 0.3) is 5.76 Å². The van der Waals surface area contributed by atoms with Crippen LogP contribution in [0.5, 0.6) is 5.75 Å². The van der Waals surface area contributed by atoms with E-state index in [1.807, 2.05) is 13.8 Å². The molecule has 1 saturated heterocycles. The van der Waals surface area contributed by atoms with E-state index in [0.717, 1.165) is 16.9 Å². The topological polar surface area (TPSA) is 106 Å². The smallest absolute Gasteiger partial charge is 0.350 e. The summed E-state index contributed by atoms with van der Waals surface area (Å²) in [4.78, 5) is 45.1. The van der Waals surface area contributed by atoms with Crippen molar-refractivity contribution < 1.29 is 29.0 Å². The van der Waals surface area contributed by atoms with Gasteiger partial charge in [0.25, 0.3) is 5.78 Å². The SMILES string of the molecule is C=CCOC(=O)c1sc(N2C(=O)C(=O)C(=C(O)c3ccc(OCC)c(C)c3)[C@@H]2c2ccc(Cl)cc2)nc1C. The highest BCUT2D eigenvalue weighted by molar-refractivity contribution is 7.17. The number of aryl methyl sites for hydroxylation is 2. The maximum atomic E-state index is 13.4. The average molecular weight is 553 g/mol. The lowest BCUT2D eigenvalue weighted by molar-refractivity contribution is -0.132. The Bertz CT molecular complexity index is 1460. The van der Waals surface area contributed by atoms with Crippen LogP contribution in [0.15, 0.2) is 60.7 Å². The number of amides is 1. The second kappa shape index (κ2) is 11.2. The van der Waals surface area contributed by atoms with Crippen LogP contribution >= 0.6 is 22.9 Å². The highest BCUT2D eigenvalue weighted by Crippen LogP contribution is 2.44. The zero-order chi connectivity index (χ0) is 27.6. The molecule has 1 aliphatic heterocycles. The predicted octanol–water partition coefficient (Wildman–Crippen LogP) is 5.78. The molecule has 38 heavy (non-hydrogen) atoms. The monoisotopic (exact) mass is 552 g/mol. The highest BCUT2D eigenvalue weighted by Gasteiger charge is 2.48. The van der Waals surface area contributed by atoms with Crippen LogP contribution < -0.4 is 9.64 Å². The van der Waals surface area contributed by atoms with Crippen molar-refractivity contribution >= 4 is 51.5 Å². The van der Waals surface area contributed by atoms with E-state index in [9.17, 15) is 19.5 Å². The van der Waals surface area contributed by atoms with Gasteiger partial charge in [-0.2, -0.15) is 0 Å². The lowest BCUT2D eigenvalue weighted by Crippen LogP contribution is -2.29. The molecular formula is C28H25ClN2O6S. The van der Waals surface area contributed by atoms with Gasteiger partial charge in [-0.3, -0.25) is 14.5 Å². The summed E-state index contributed by atoms with van der Waals surface area (Å²) in [5.41, 5.74) is 1.88. The fourth-order valence-corrected chi connectivity index (χ4v) is 5.25. The van der Waals surface area contributed by atoms with Crippen LogP contribution in [0.4, 0.5) is 5.13 Å². The van der Waals surface area contributed by atoms with Crippen molar-refractivity contribution in [2.75, 3.05) is 18.1 Å². The Morgan fingerprint density at radius 2 is 1.92 bits per heavy atom. The third-order valence-corrected chi connectivity index (χ3v) is 7.28. The summed E-state index contributed by atoms with van der Waals surface area (Å²) in [5, 5.41) is 11.9. The maximum Gasteiger partial charge on any atom is 0.350 e. The number of aliphatic hydroxyl groups excluding tert-OH is 1. The van der Waals surface area contributed by atoms with E-state index in [0.29, 0.717) is 34.2 Å². The molecule has 1 aliphatic rings. The molecule has 0 spiro atoms. The van der Waals surface area contributed by atoms with Crippen molar-refractivity contribution in [1.82, 2.24) is 4.98 Å². The number of aliphatic hydroxyl groups is 1. The molecule has 0 bridgehead atoms. The summed E-state index contributed by atoms with van der Waals surface area (Å²) in [5.74, 6) is -2.06. The molecule has 196 valence electrons. The van der Waals surface area contributed by atoms with Gasteiger partial charge in [0.15, 0.2) is 5.13 Å². The minimum atomic E-state index is -1.01. The minimum absolute atomic E-state index is 0.0162. The summed E-state index contributed by atoms with van der Waals surface area (Å²) in [6.07, 6.45) is 1.44. The van der Waals surface area contributed by atoms with Crippen molar-refractivity contribution in [3.63, 3.8) is 0 Å². The fourth-order valence-electron chi connectivity index (χ4n) is 4.13. The molecule has 4 rings (SSSR count). The third-order valence-electron chi connectivity index (χ3n) is 5.89. The van der Waals surface area contributed by atoms with Gasteiger partial charge in [-0.1, -0.05) is 47.7 Å². The van der Waals surface area contributed by atoms with Gasteiger partial charge in [0.1, 0.15) is 23.0 Å². The summed E-state index contributed by atoms with van der Waals surface area (Å²) in [7, 11) is 0. The number of hydrogen-bond acceptors (Lipinski definition) is 8. The lowest BCUT2D eigenvalue weighted by atomic mass is 9.95. The van der Waals surface area contributed by atoms with Crippen LogP contribution in [0.1, 0.15) is 45.0 Å². The Morgan fingerprint density at radius 1 is 1.21 bits per heavy atom. The standard InChI is InChI=1S/C28H25ClN2O6S/c1-5-13-37-27(35)25-16(4)30-28(38-25)31-22(17-7-10-19(29)11-8-17)21(24(33)26(31)34)23(32)18-9-12-20(36-6-2)15(3)14-18/h5,7-12,14,22,32H,1,6,13H2,2-4H3/t22-/m0/s1. The van der Waals surface area contributed by atoms with Crippen molar-refractivity contribution in [1.29, 1.82) is 0 Å². The van der Waals surface area contributed by atoms with E-state index in [2.05, 4.69) is 11.6 Å². The summed E-state index contributed by atoms with van der Waals surface area (Å²) < 4.78 is 10.7. The molecule has 2 aromatic carbocycles. The zero-order valence-corrected chi connectivity index (χ0v) is 22.6. The van der Waals surface area contributed by atoms with Gasteiger partial charge in [0, 0.05) is 10.6 Å². The second-order valence-electron chi connectivity index (χ2n) is 8.43. The van der Waals surface area contributed by atoms with E-state index in [4.69, 9.17) is 21.1 Å². The molecule has 3 aromatic rings. The van der Waals surface area contributed by atoms with Gasteiger partial charge in [0.05, 0.1) is 23.9 Å². The molecule has 0 unspecified atom stereocenters. The van der Waals surface area contributed by atoms with Gasteiger partial charge in [-0.05, 0) is 62.2 Å². The molecule has 1 amide bonds. The average Bonchev–Trinajstić information content (AvgIpc) is 3.40. The normalized spacial score (nSPS) is 16.5. The molecule has 0 aliphatic carbocycles. The first-order chi connectivity index (χ1) is 18.2. The number of carbonyl (C=O) groups is 3. The summed E-state index contributed by atoms with van der Waals surface area (Å²) in [6.45, 7) is 9.32. The zero-order valence-electron chi connectivity index (χ0n) is 21.0. The van der Waals surface area contributed by atoms with Crippen LogP contribution in [-0.4, -0.2) is 41.0 Å². The van der Waals surface area contributed by atoms with E-state index >= 15 is 0 Å². The summed E-state index contributed by atoms with van der Waals surface area (Å²) in [6, 6.07) is 10.6. The number of anilines is 1.